The van der Waals surface area contributed by atoms with E-state index in [-0.39, 0.29) is 0 Å². The fourth-order valence-corrected chi connectivity index (χ4v) is 2.64. The topological polar surface area (TPSA) is 91.1 Å². The number of hydrogen-bond donors (Lipinski definition) is 4. The molecule has 0 saturated carbocycles. The summed E-state index contributed by atoms with van der Waals surface area (Å²) in [6, 6.07) is 0. The number of piperazine rings is 1. The fourth-order valence-electron chi connectivity index (χ4n) is 2.48. The van der Waals surface area contributed by atoms with Gasteiger partial charge >= 0.3 is 0 Å². The molecular weight excluding hydrogens is 350 g/mol. The van der Waals surface area contributed by atoms with Gasteiger partial charge in [0.25, 0.3) is 0 Å². The van der Waals surface area contributed by atoms with Crippen molar-refractivity contribution in [2.24, 2.45) is 5.73 Å². The first-order valence-electron chi connectivity index (χ1n) is 8.84. The van der Waals surface area contributed by atoms with E-state index >= 15 is 0 Å². The Kier molecular flexibility index (Phi) is 8.40. The van der Waals surface area contributed by atoms with E-state index in [4.69, 9.17) is 17.3 Å². The molecule has 5 N–H and O–H groups in total. The number of nitrogens with zero attached hydrogens (tertiary/aromatic N) is 3. The molecular formula is C18H28ClN7. The third-order valence-corrected chi connectivity index (χ3v) is 4.29. The fraction of sp³-hybridized carbons (Fsp3) is 0.444. The SMILES string of the molecule is C=C/C(=C\C=C(/C)N1CCNCC1)Nc1ncc(Cl)c(NCCCN)n1. The van der Waals surface area contributed by atoms with Crippen molar-refractivity contribution in [2.75, 3.05) is 49.9 Å². The molecule has 0 radical (unpaired) electrons. The molecule has 2 rings (SSSR count). The average molecular weight is 378 g/mol. The normalized spacial score (nSPS) is 15.7. The molecule has 1 aliphatic rings. The predicted octanol–water partition coefficient (Wildman–Crippen LogP) is 2.18. The van der Waals surface area contributed by atoms with Crippen LogP contribution in [0, 0.1) is 0 Å². The molecule has 1 fully saturated rings. The highest BCUT2D eigenvalue weighted by atomic mass is 35.5. The van der Waals surface area contributed by atoms with Gasteiger partial charge in [-0.3, -0.25) is 0 Å². The zero-order chi connectivity index (χ0) is 18.8. The quantitative estimate of drug-likeness (QED) is 0.387. The molecule has 0 unspecified atom stereocenters. The Morgan fingerprint density at radius 1 is 1.42 bits per heavy atom. The second kappa shape index (κ2) is 10.8. The summed E-state index contributed by atoms with van der Waals surface area (Å²) >= 11 is 6.13. The Balaban J connectivity index is 2.04. The van der Waals surface area contributed by atoms with Crippen molar-refractivity contribution in [1.82, 2.24) is 20.2 Å². The smallest absolute Gasteiger partial charge is 0.229 e. The molecule has 1 aliphatic heterocycles. The molecule has 1 aromatic rings. The first-order chi connectivity index (χ1) is 12.6. The van der Waals surface area contributed by atoms with Crippen molar-refractivity contribution in [3.8, 4) is 0 Å². The molecule has 142 valence electrons. The van der Waals surface area contributed by atoms with Gasteiger partial charge in [-0.1, -0.05) is 18.2 Å². The van der Waals surface area contributed by atoms with E-state index in [1.165, 1.54) is 5.70 Å². The van der Waals surface area contributed by atoms with E-state index in [0.717, 1.165) is 38.3 Å². The van der Waals surface area contributed by atoms with Crippen molar-refractivity contribution in [3.05, 3.63) is 47.4 Å². The molecule has 8 heteroatoms. The van der Waals surface area contributed by atoms with Crippen molar-refractivity contribution in [2.45, 2.75) is 13.3 Å². The van der Waals surface area contributed by atoms with Crippen LogP contribution >= 0.6 is 11.6 Å². The second-order valence-electron chi connectivity index (χ2n) is 5.96. The van der Waals surface area contributed by atoms with Crippen LogP contribution in [0.1, 0.15) is 13.3 Å². The number of nitrogens with two attached hydrogens (primary N) is 1. The van der Waals surface area contributed by atoms with Crippen molar-refractivity contribution < 1.29 is 0 Å². The van der Waals surface area contributed by atoms with Gasteiger partial charge in [0.2, 0.25) is 5.95 Å². The first kappa shape index (κ1) is 20.2. The number of aromatic nitrogens is 2. The summed E-state index contributed by atoms with van der Waals surface area (Å²) < 4.78 is 0. The largest absolute Gasteiger partial charge is 0.372 e. The van der Waals surface area contributed by atoms with Crippen LogP contribution in [-0.4, -0.2) is 54.1 Å². The van der Waals surface area contributed by atoms with Gasteiger partial charge in [-0.15, -0.1) is 0 Å². The van der Waals surface area contributed by atoms with E-state index < -0.39 is 0 Å². The minimum Gasteiger partial charge on any atom is -0.372 e. The van der Waals surface area contributed by atoms with Crippen LogP contribution in [0.25, 0.3) is 0 Å². The van der Waals surface area contributed by atoms with Crippen LogP contribution in [-0.2, 0) is 0 Å². The summed E-state index contributed by atoms with van der Waals surface area (Å²) in [6.07, 6.45) is 8.21. The van der Waals surface area contributed by atoms with Crippen molar-refractivity contribution in [3.63, 3.8) is 0 Å². The Morgan fingerprint density at radius 2 is 2.19 bits per heavy atom. The highest BCUT2D eigenvalue weighted by molar-refractivity contribution is 6.32. The molecule has 0 atom stereocenters. The third kappa shape index (κ3) is 6.33. The molecule has 26 heavy (non-hydrogen) atoms. The number of anilines is 2. The van der Waals surface area contributed by atoms with Crippen LogP contribution in [0.3, 0.4) is 0 Å². The molecule has 0 aliphatic carbocycles. The minimum atomic E-state index is 0.462. The summed E-state index contributed by atoms with van der Waals surface area (Å²) in [5.41, 5.74) is 7.54. The van der Waals surface area contributed by atoms with Gasteiger partial charge in [0.1, 0.15) is 10.8 Å². The molecule has 0 amide bonds. The lowest BCUT2D eigenvalue weighted by molar-refractivity contribution is 0.300. The Hall–Kier alpha value is -2.09. The standard InChI is InChI=1S/C18H28ClN7/c1-3-15(6-5-14(2)26-11-9-21-10-12-26)24-18-23-13-16(19)17(25-18)22-8-4-7-20/h3,5-6,13,21H,1,4,7-12,20H2,2H3,(H2,22,23,24,25)/b14-5+,15-6+. The molecule has 0 spiro atoms. The molecule has 2 heterocycles. The van der Waals surface area contributed by atoms with Crippen LogP contribution in [0.4, 0.5) is 11.8 Å². The molecule has 0 aromatic carbocycles. The molecule has 1 aromatic heterocycles. The first-order valence-corrected chi connectivity index (χ1v) is 9.22. The van der Waals surface area contributed by atoms with Crippen LogP contribution in [0.15, 0.2) is 42.4 Å². The molecule has 1 saturated heterocycles. The summed E-state index contributed by atoms with van der Waals surface area (Å²) in [5, 5.41) is 10.2. The molecule has 7 nitrogen and oxygen atoms in total. The summed E-state index contributed by atoms with van der Waals surface area (Å²) in [7, 11) is 0. The van der Waals surface area contributed by atoms with Crippen LogP contribution in [0.2, 0.25) is 5.02 Å². The van der Waals surface area contributed by atoms with Gasteiger partial charge in [0, 0.05) is 44.1 Å². The lowest BCUT2D eigenvalue weighted by Gasteiger charge is -2.29. The summed E-state index contributed by atoms with van der Waals surface area (Å²) in [6.45, 7) is 11.4. The maximum atomic E-state index is 6.13. The zero-order valence-electron chi connectivity index (χ0n) is 15.3. The predicted molar refractivity (Wildman–Crippen MR) is 109 cm³/mol. The Bertz CT molecular complexity index is 651. The number of nitrogens with one attached hydrogen (secondary N) is 3. The number of halogens is 1. The van der Waals surface area contributed by atoms with Crippen LogP contribution in [0.5, 0.6) is 0 Å². The zero-order valence-corrected chi connectivity index (χ0v) is 16.0. The van der Waals surface area contributed by atoms with E-state index in [0.29, 0.717) is 29.9 Å². The highest BCUT2D eigenvalue weighted by Crippen LogP contribution is 2.20. The Morgan fingerprint density at radius 3 is 2.88 bits per heavy atom. The number of hydrogen-bond acceptors (Lipinski definition) is 7. The summed E-state index contributed by atoms with van der Waals surface area (Å²) in [4.78, 5) is 11.0. The van der Waals surface area contributed by atoms with Gasteiger partial charge in [0.15, 0.2) is 0 Å². The number of rotatable bonds is 9. The van der Waals surface area contributed by atoms with E-state index in [2.05, 4.69) is 50.4 Å². The van der Waals surface area contributed by atoms with E-state index in [1.54, 1.807) is 12.3 Å². The van der Waals surface area contributed by atoms with Crippen LogP contribution < -0.4 is 21.7 Å². The van der Waals surface area contributed by atoms with E-state index in [1.807, 2.05) is 6.08 Å². The lowest BCUT2D eigenvalue weighted by Crippen LogP contribution is -2.42. The minimum absolute atomic E-state index is 0.462. The van der Waals surface area contributed by atoms with Gasteiger partial charge in [-0.2, -0.15) is 4.98 Å². The maximum absolute atomic E-state index is 6.13. The third-order valence-electron chi connectivity index (χ3n) is 4.01. The summed E-state index contributed by atoms with van der Waals surface area (Å²) in [5.74, 6) is 1.05. The highest BCUT2D eigenvalue weighted by Gasteiger charge is 2.09. The van der Waals surface area contributed by atoms with Gasteiger partial charge in [-0.25, -0.2) is 4.98 Å². The van der Waals surface area contributed by atoms with Gasteiger partial charge < -0.3 is 26.6 Å². The van der Waals surface area contributed by atoms with E-state index in [9.17, 15) is 0 Å². The van der Waals surface area contributed by atoms with Crippen molar-refractivity contribution in [1.29, 1.82) is 0 Å². The number of allylic oxidation sites excluding steroid dienone is 4. The van der Waals surface area contributed by atoms with Gasteiger partial charge in [0.05, 0.1) is 6.20 Å². The van der Waals surface area contributed by atoms with Crippen molar-refractivity contribution >= 4 is 23.4 Å². The monoisotopic (exact) mass is 377 g/mol. The average Bonchev–Trinajstić information content (AvgIpc) is 2.68. The lowest BCUT2D eigenvalue weighted by atomic mass is 10.3. The second-order valence-corrected chi connectivity index (χ2v) is 6.36. The maximum Gasteiger partial charge on any atom is 0.229 e. The van der Waals surface area contributed by atoms with Gasteiger partial charge in [-0.05, 0) is 38.1 Å². The molecule has 0 bridgehead atoms. The Labute approximate surface area is 160 Å².